The molecule has 0 spiro atoms. The van der Waals surface area contributed by atoms with Crippen LogP contribution in [0, 0.1) is 0 Å². The van der Waals surface area contributed by atoms with Gasteiger partial charge in [-0.3, -0.25) is 9.59 Å². The number of nitrogens with one attached hydrogen (secondary N) is 2. The molecular weight excluding hydrogens is 384 g/mol. The Morgan fingerprint density at radius 2 is 1.86 bits per heavy atom. The number of rotatable bonds is 4. The lowest BCUT2D eigenvalue weighted by atomic mass is 9.90. The second-order valence-corrected chi connectivity index (χ2v) is 8.72. The first-order chi connectivity index (χ1) is 14.0. The van der Waals surface area contributed by atoms with Crippen LogP contribution in [0.1, 0.15) is 40.9 Å². The molecule has 1 fully saturated rings. The fourth-order valence-corrected chi connectivity index (χ4v) is 5.27. The average Bonchev–Trinajstić information content (AvgIpc) is 3.36. The van der Waals surface area contributed by atoms with Crippen LogP contribution in [0.4, 0.5) is 16.4 Å². The van der Waals surface area contributed by atoms with Crippen LogP contribution in [0.2, 0.25) is 0 Å². The van der Waals surface area contributed by atoms with E-state index in [1.807, 2.05) is 37.3 Å². The molecule has 2 aliphatic rings. The molecule has 6 nitrogen and oxygen atoms in total. The highest BCUT2D eigenvalue weighted by atomic mass is 32.1. The first-order valence-corrected chi connectivity index (χ1v) is 10.7. The van der Waals surface area contributed by atoms with Gasteiger partial charge >= 0.3 is 0 Å². The number of carbonyl (C=O) groups excluding carboxylic acids is 2. The lowest BCUT2D eigenvalue weighted by Gasteiger charge is -2.27. The summed E-state index contributed by atoms with van der Waals surface area (Å²) in [6.45, 7) is 3.93. The molecule has 1 aromatic carbocycles. The van der Waals surface area contributed by atoms with E-state index < -0.39 is 0 Å². The molecule has 152 valence electrons. The Bertz CT molecular complexity index is 959. The Morgan fingerprint density at radius 3 is 2.52 bits per heavy atom. The van der Waals surface area contributed by atoms with Crippen LogP contribution in [-0.2, 0) is 4.79 Å². The smallest absolute Gasteiger partial charge is 0.265 e. The number of hydrogen-bond acceptors (Lipinski definition) is 5. The van der Waals surface area contributed by atoms with E-state index in [0.29, 0.717) is 5.57 Å². The summed E-state index contributed by atoms with van der Waals surface area (Å²) in [6, 6.07) is 9.46. The predicted octanol–water partition coefficient (Wildman–Crippen LogP) is 4.10. The van der Waals surface area contributed by atoms with Gasteiger partial charge in [0.1, 0.15) is 4.88 Å². The number of fused-ring (bicyclic) bond motifs is 1. The fourth-order valence-electron chi connectivity index (χ4n) is 3.96. The molecule has 0 aliphatic carbocycles. The zero-order valence-corrected chi connectivity index (χ0v) is 17.8. The van der Waals surface area contributed by atoms with Crippen LogP contribution in [0.25, 0.3) is 0 Å². The largest absolute Gasteiger partial charge is 0.370 e. The molecule has 0 bridgehead atoms. The van der Waals surface area contributed by atoms with Gasteiger partial charge in [0, 0.05) is 56.1 Å². The number of para-hydroxylation sites is 1. The van der Waals surface area contributed by atoms with Crippen molar-refractivity contribution in [2.24, 2.45) is 0 Å². The maximum Gasteiger partial charge on any atom is 0.265 e. The van der Waals surface area contributed by atoms with Gasteiger partial charge in [-0.2, -0.15) is 0 Å². The molecule has 0 saturated carbocycles. The van der Waals surface area contributed by atoms with E-state index in [4.69, 9.17) is 0 Å². The number of anilines is 3. The van der Waals surface area contributed by atoms with E-state index in [0.717, 1.165) is 52.7 Å². The van der Waals surface area contributed by atoms with Crippen molar-refractivity contribution in [1.82, 2.24) is 4.90 Å². The minimum absolute atomic E-state index is 0.00980. The van der Waals surface area contributed by atoms with Crippen LogP contribution in [0.5, 0.6) is 0 Å². The number of carbonyl (C=O) groups is 2. The maximum absolute atomic E-state index is 13.0. The molecule has 1 unspecified atom stereocenters. The van der Waals surface area contributed by atoms with Crippen molar-refractivity contribution in [1.29, 1.82) is 0 Å². The number of amides is 2. The quantitative estimate of drug-likeness (QED) is 0.796. The van der Waals surface area contributed by atoms with E-state index in [-0.39, 0.29) is 17.7 Å². The maximum atomic E-state index is 13.0. The first kappa shape index (κ1) is 19.5. The third kappa shape index (κ3) is 3.62. The zero-order valence-electron chi connectivity index (χ0n) is 17.0. The summed E-state index contributed by atoms with van der Waals surface area (Å²) in [5, 5.41) is 7.22. The fraction of sp³-hybridized carbons (Fsp3) is 0.364. The van der Waals surface area contributed by atoms with Gasteiger partial charge in [-0.15, -0.1) is 11.3 Å². The highest BCUT2D eigenvalue weighted by molar-refractivity contribution is 7.19. The minimum atomic E-state index is -0.124. The highest BCUT2D eigenvalue weighted by Crippen LogP contribution is 2.49. The van der Waals surface area contributed by atoms with Crippen LogP contribution in [0.3, 0.4) is 0 Å². The zero-order chi connectivity index (χ0) is 20.5. The summed E-state index contributed by atoms with van der Waals surface area (Å²) < 4.78 is 0. The molecule has 1 saturated heterocycles. The van der Waals surface area contributed by atoms with Gasteiger partial charge in [-0.05, 0) is 25.0 Å². The SMILES string of the molecule is CC1C(C(=O)Nc2ccccc2)=CNc2sc(C(=O)N(C)C)c(N3CCCC3)c21. The molecule has 0 radical (unpaired) electrons. The normalized spacial score (nSPS) is 18.0. The summed E-state index contributed by atoms with van der Waals surface area (Å²) in [4.78, 5) is 30.5. The lowest BCUT2D eigenvalue weighted by molar-refractivity contribution is -0.113. The summed E-state index contributed by atoms with van der Waals surface area (Å²) in [7, 11) is 3.56. The van der Waals surface area contributed by atoms with E-state index in [9.17, 15) is 9.59 Å². The van der Waals surface area contributed by atoms with Crippen molar-refractivity contribution >= 4 is 39.5 Å². The number of hydrogen-bond donors (Lipinski definition) is 2. The number of nitrogens with zero attached hydrogens (tertiary/aromatic N) is 2. The van der Waals surface area contributed by atoms with Gasteiger partial charge in [-0.1, -0.05) is 25.1 Å². The van der Waals surface area contributed by atoms with Crippen molar-refractivity contribution in [3.8, 4) is 0 Å². The monoisotopic (exact) mass is 410 g/mol. The topological polar surface area (TPSA) is 64.7 Å². The summed E-state index contributed by atoms with van der Waals surface area (Å²) in [6.07, 6.45) is 4.03. The van der Waals surface area contributed by atoms with E-state index in [2.05, 4.69) is 15.5 Å². The van der Waals surface area contributed by atoms with Gasteiger partial charge in [0.05, 0.1) is 10.7 Å². The lowest BCUT2D eigenvalue weighted by Crippen LogP contribution is -2.27. The molecule has 2 aromatic rings. The Hall–Kier alpha value is -2.80. The molecule has 2 N–H and O–H groups in total. The second-order valence-electron chi connectivity index (χ2n) is 7.70. The Labute approximate surface area is 175 Å². The molecule has 2 amide bonds. The Balaban J connectivity index is 1.69. The summed E-state index contributed by atoms with van der Waals surface area (Å²) in [5.41, 5.74) is 3.50. The van der Waals surface area contributed by atoms with Gasteiger partial charge in [0.2, 0.25) is 0 Å². The standard InChI is InChI=1S/C22H26N4O2S/c1-14-16(20(27)24-15-9-5-4-6-10-15)13-23-21-17(14)18(26-11-7-8-12-26)19(29-21)22(28)25(2)3/h4-6,9-10,13-14,23H,7-8,11-12H2,1-3H3,(H,24,27). The van der Waals surface area contributed by atoms with Crippen molar-refractivity contribution < 1.29 is 9.59 Å². The number of thiophene rings is 1. The number of benzene rings is 1. The van der Waals surface area contributed by atoms with Gasteiger partial charge in [0.15, 0.2) is 0 Å². The summed E-state index contributed by atoms with van der Waals surface area (Å²) >= 11 is 1.49. The van der Waals surface area contributed by atoms with Crippen LogP contribution in [0.15, 0.2) is 42.1 Å². The predicted molar refractivity (Wildman–Crippen MR) is 119 cm³/mol. The Kier molecular flexibility index (Phi) is 5.32. The van der Waals surface area contributed by atoms with Gasteiger partial charge in [0.25, 0.3) is 11.8 Å². The minimum Gasteiger partial charge on any atom is -0.370 e. The van der Waals surface area contributed by atoms with Crippen molar-refractivity contribution in [2.45, 2.75) is 25.7 Å². The molecule has 1 aromatic heterocycles. The molecule has 7 heteroatoms. The third-order valence-electron chi connectivity index (χ3n) is 5.49. The van der Waals surface area contributed by atoms with Crippen LogP contribution in [-0.4, -0.2) is 43.9 Å². The molecular formula is C22H26N4O2S. The van der Waals surface area contributed by atoms with Gasteiger partial charge in [-0.25, -0.2) is 0 Å². The van der Waals surface area contributed by atoms with E-state index in [1.165, 1.54) is 11.3 Å². The van der Waals surface area contributed by atoms with Crippen molar-refractivity contribution in [2.75, 3.05) is 42.7 Å². The highest BCUT2D eigenvalue weighted by Gasteiger charge is 2.35. The van der Waals surface area contributed by atoms with Crippen molar-refractivity contribution in [3.63, 3.8) is 0 Å². The van der Waals surface area contributed by atoms with Crippen LogP contribution >= 0.6 is 11.3 Å². The van der Waals surface area contributed by atoms with Gasteiger partial charge < -0.3 is 20.4 Å². The summed E-state index contributed by atoms with van der Waals surface area (Å²) in [5.74, 6) is -0.220. The Morgan fingerprint density at radius 1 is 1.17 bits per heavy atom. The van der Waals surface area contributed by atoms with Crippen LogP contribution < -0.4 is 15.5 Å². The molecule has 2 aliphatic heterocycles. The first-order valence-electron chi connectivity index (χ1n) is 9.93. The third-order valence-corrected chi connectivity index (χ3v) is 6.61. The van der Waals surface area contributed by atoms with E-state index >= 15 is 0 Å². The molecule has 1 atom stereocenters. The second kappa shape index (κ2) is 7.91. The molecule has 4 rings (SSSR count). The average molecular weight is 411 g/mol. The van der Waals surface area contributed by atoms with Crippen molar-refractivity contribution in [3.05, 3.63) is 52.5 Å². The van der Waals surface area contributed by atoms with E-state index in [1.54, 1.807) is 25.2 Å². The molecule has 3 heterocycles. The molecule has 29 heavy (non-hydrogen) atoms.